The van der Waals surface area contributed by atoms with Crippen molar-refractivity contribution in [3.05, 3.63) is 6.04 Å². The second kappa shape index (κ2) is 27.8. The highest BCUT2D eigenvalue weighted by molar-refractivity contribution is 6.82. The van der Waals surface area contributed by atoms with Crippen LogP contribution in [0.5, 0.6) is 0 Å². The van der Waals surface area contributed by atoms with Crippen LogP contribution in [-0.2, 0) is 0 Å². The van der Waals surface area contributed by atoms with Crippen molar-refractivity contribution in [2.45, 2.75) is 206 Å². The minimum atomic E-state index is -0.962. The highest BCUT2D eigenvalue weighted by Gasteiger charge is 2.25. The summed E-state index contributed by atoms with van der Waals surface area (Å²) < 4.78 is 0. The Labute approximate surface area is 220 Å². The molecule has 0 aliphatic heterocycles. The fourth-order valence-electron chi connectivity index (χ4n) is 5.70. The van der Waals surface area contributed by atoms with E-state index in [1.54, 1.807) is 0 Å². The summed E-state index contributed by atoms with van der Waals surface area (Å²) >= 11 is 0. The van der Waals surface area contributed by atoms with Crippen LogP contribution in [0.1, 0.15) is 188 Å². The van der Waals surface area contributed by atoms with Crippen molar-refractivity contribution in [3.8, 4) is 0 Å². The van der Waals surface area contributed by atoms with Gasteiger partial charge in [0.15, 0.2) is 0 Å². The third kappa shape index (κ3) is 22.7. The molecule has 1 radical (unpaired) electrons. The molecule has 0 aromatic rings. The molecule has 0 atom stereocenters. The fourth-order valence-corrected chi connectivity index (χ4v) is 8.88. The van der Waals surface area contributed by atoms with E-state index >= 15 is 0 Å². The summed E-state index contributed by atoms with van der Waals surface area (Å²) in [6.07, 6.45) is 36.9. The second-order valence-corrected chi connectivity index (χ2v) is 16.8. The molecule has 0 bridgehead atoms. The zero-order valence-electron chi connectivity index (χ0n) is 24.9. The molecule has 0 saturated carbocycles. The summed E-state index contributed by atoms with van der Waals surface area (Å²) in [4.78, 5) is 0. The van der Waals surface area contributed by atoms with E-state index in [2.05, 4.69) is 33.7 Å². The van der Waals surface area contributed by atoms with E-state index in [1.807, 2.05) is 0 Å². The molecular weight excluding hydrogens is 424 g/mol. The van der Waals surface area contributed by atoms with Crippen LogP contribution in [0, 0.1) is 6.04 Å². The van der Waals surface area contributed by atoms with Gasteiger partial charge < -0.3 is 0 Å². The predicted octanol–water partition coefficient (Wildman–Crippen LogP) is 13.0. The molecule has 0 aromatic carbocycles. The van der Waals surface area contributed by atoms with E-state index in [1.165, 1.54) is 179 Å². The molecule has 0 aliphatic rings. The molecule has 0 amide bonds. The minimum Gasteiger partial charge on any atom is -0.0678 e. The highest BCUT2D eigenvalue weighted by Crippen LogP contribution is 2.26. The maximum Gasteiger partial charge on any atom is 0.0558 e. The molecule has 0 aromatic heterocycles. The lowest BCUT2D eigenvalue weighted by atomic mass is 10.0. The number of hydrogen-bond donors (Lipinski definition) is 0. The van der Waals surface area contributed by atoms with Gasteiger partial charge in [0, 0.05) is 0 Å². The molecule has 0 aliphatic carbocycles. The van der Waals surface area contributed by atoms with Gasteiger partial charge in [0.05, 0.1) is 8.07 Å². The van der Waals surface area contributed by atoms with Crippen LogP contribution in [-0.4, -0.2) is 8.07 Å². The molecule has 0 N–H and O–H groups in total. The Morgan fingerprint density at radius 1 is 0.324 bits per heavy atom. The summed E-state index contributed by atoms with van der Waals surface area (Å²) in [5.74, 6) is 0. The molecule has 1 heteroatoms. The third-order valence-corrected chi connectivity index (χ3v) is 14.1. The van der Waals surface area contributed by atoms with E-state index in [-0.39, 0.29) is 0 Å². The van der Waals surface area contributed by atoms with Gasteiger partial charge in [-0.15, -0.1) is 0 Å². The number of rotatable bonds is 29. The first kappa shape index (κ1) is 34.2. The first-order valence-corrected chi connectivity index (χ1v) is 19.3. The van der Waals surface area contributed by atoms with Gasteiger partial charge in [-0.1, -0.05) is 206 Å². The van der Waals surface area contributed by atoms with Crippen molar-refractivity contribution in [1.82, 2.24) is 0 Å². The van der Waals surface area contributed by atoms with Crippen molar-refractivity contribution in [1.29, 1.82) is 0 Å². The lowest BCUT2D eigenvalue weighted by Gasteiger charge is -2.27. The Morgan fingerprint density at radius 2 is 0.559 bits per heavy atom. The Kier molecular flexibility index (Phi) is 28.0. The fraction of sp³-hybridized carbons (Fsp3) is 0.970. The summed E-state index contributed by atoms with van der Waals surface area (Å²) in [6, 6.07) is 7.17. The largest absolute Gasteiger partial charge is 0.0678 e. The van der Waals surface area contributed by atoms with E-state index < -0.39 is 8.07 Å². The lowest BCUT2D eigenvalue weighted by molar-refractivity contribution is 0.517. The zero-order valence-corrected chi connectivity index (χ0v) is 25.9. The van der Waals surface area contributed by atoms with Crippen LogP contribution >= 0.6 is 0 Å². The Morgan fingerprint density at radius 3 is 0.794 bits per heavy atom. The van der Waals surface area contributed by atoms with Gasteiger partial charge >= 0.3 is 0 Å². The monoisotopic (exact) mass is 494 g/mol. The van der Waals surface area contributed by atoms with E-state index in [4.69, 9.17) is 0 Å². The van der Waals surface area contributed by atoms with E-state index in [9.17, 15) is 0 Å². The van der Waals surface area contributed by atoms with Crippen LogP contribution in [0.15, 0.2) is 0 Å². The first-order chi connectivity index (χ1) is 16.7. The van der Waals surface area contributed by atoms with Crippen molar-refractivity contribution in [2.75, 3.05) is 0 Å². The second-order valence-electron chi connectivity index (χ2n) is 11.5. The van der Waals surface area contributed by atoms with Gasteiger partial charge in [-0.25, -0.2) is 0 Å². The molecule has 34 heavy (non-hydrogen) atoms. The van der Waals surface area contributed by atoms with Gasteiger partial charge in [-0.2, -0.15) is 0 Å². The lowest BCUT2D eigenvalue weighted by Crippen LogP contribution is -2.32. The molecule has 0 fully saturated rings. The Balaban J connectivity index is 3.14. The quantitative estimate of drug-likeness (QED) is 0.0717. The van der Waals surface area contributed by atoms with Crippen molar-refractivity contribution in [3.63, 3.8) is 0 Å². The van der Waals surface area contributed by atoms with Gasteiger partial charge in [-0.05, 0) is 6.04 Å². The Bertz CT molecular complexity index is 351. The Hall–Kier alpha value is 0.217. The summed E-state index contributed by atoms with van der Waals surface area (Å²) in [5, 5.41) is 0. The average Bonchev–Trinajstić information content (AvgIpc) is 2.86. The standard InChI is InChI=1S/C33H69Si/c1-5-9-10-11-12-13-14-15-16-17-18-19-20-21-22-23-24-25-26-27-28-29-30-31-32-33-34(6-2,7-3)8-4/h33H,5-32H2,1-4H3. The van der Waals surface area contributed by atoms with Gasteiger partial charge in [-0.3, -0.25) is 0 Å². The van der Waals surface area contributed by atoms with E-state index in [0.29, 0.717) is 0 Å². The van der Waals surface area contributed by atoms with Crippen LogP contribution in [0.3, 0.4) is 0 Å². The minimum absolute atomic E-state index is 0.962. The normalized spacial score (nSPS) is 12.0. The maximum absolute atomic E-state index is 2.80. The van der Waals surface area contributed by atoms with Crippen LogP contribution in [0.4, 0.5) is 0 Å². The first-order valence-electron chi connectivity index (χ1n) is 16.6. The molecule has 0 nitrogen and oxygen atoms in total. The molecule has 0 unspecified atom stereocenters. The molecular formula is C33H69Si. The molecule has 0 heterocycles. The van der Waals surface area contributed by atoms with Gasteiger partial charge in [0.1, 0.15) is 0 Å². The summed E-state index contributed by atoms with van der Waals surface area (Å²) in [6.45, 7) is 9.59. The van der Waals surface area contributed by atoms with Crippen LogP contribution < -0.4 is 0 Å². The van der Waals surface area contributed by atoms with Crippen molar-refractivity contribution in [2.24, 2.45) is 0 Å². The summed E-state index contributed by atoms with van der Waals surface area (Å²) in [7, 11) is -0.962. The average molecular weight is 494 g/mol. The summed E-state index contributed by atoms with van der Waals surface area (Å²) in [5.41, 5.74) is 0. The van der Waals surface area contributed by atoms with Crippen molar-refractivity contribution < 1.29 is 0 Å². The van der Waals surface area contributed by atoms with E-state index in [0.717, 1.165) is 0 Å². The zero-order chi connectivity index (χ0) is 25.0. The molecule has 0 spiro atoms. The molecule has 0 saturated heterocycles. The smallest absolute Gasteiger partial charge is 0.0558 e. The van der Waals surface area contributed by atoms with Crippen molar-refractivity contribution >= 4 is 8.07 Å². The highest BCUT2D eigenvalue weighted by atomic mass is 28.3. The topological polar surface area (TPSA) is 0 Å². The number of hydrogen-bond acceptors (Lipinski definition) is 0. The van der Waals surface area contributed by atoms with Crippen LogP contribution in [0.2, 0.25) is 18.1 Å². The predicted molar refractivity (Wildman–Crippen MR) is 163 cm³/mol. The van der Waals surface area contributed by atoms with Crippen LogP contribution in [0.25, 0.3) is 0 Å². The SMILES string of the molecule is CCCCCCCCCCCCCCCCCCCCCCCCCC[CH][Si](CC)(CC)CC. The third-order valence-electron chi connectivity index (χ3n) is 8.75. The maximum atomic E-state index is 2.80. The van der Waals surface area contributed by atoms with Gasteiger partial charge in [0.2, 0.25) is 0 Å². The van der Waals surface area contributed by atoms with Gasteiger partial charge in [0.25, 0.3) is 0 Å². The molecule has 0 rings (SSSR count). The number of unbranched alkanes of at least 4 members (excludes halogenated alkanes) is 24. The molecule has 205 valence electrons.